The molecule has 1 saturated heterocycles. The molecule has 1 amide bonds. The standard InChI is InChI=1S/C16H21NO5/c1-21-13-5-2-12(3-6-13)4-7-14(18)17-16(15(19)20)8-10-22-11-9-16/h2-3,5-6H,4,7-11H2,1H3,(H,17,18)(H,19,20). The lowest BCUT2D eigenvalue weighted by atomic mass is 9.90. The van der Waals surface area contributed by atoms with Crippen LogP contribution in [0.15, 0.2) is 24.3 Å². The molecule has 1 heterocycles. The largest absolute Gasteiger partial charge is 0.497 e. The Bertz CT molecular complexity index is 520. The number of benzene rings is 1. The minimum absolute atomic E-state index is 0.250. The van der Waals surface area contributed by atoms with Gasteiger partial charge in [-0.1, -0.05) is 12.1 Å². The number of aryl methyl sites for hydroxylation is 1. The fourth-order valence-corrected chi connectivity index (χ4v) is 2.49. The van der Waals surface area contributed by atoms with Crippen LogP contribution in [0.5, 0.6) is 5.75 Å². The summed E-state index contributed by atoms with van der Waals surface area (Å²) in [6.45, 7) is 0.704. The van der Waals surface area contributed by atoms with Crippen LogP contribution in [0.2, 0.25) is 0 Å². The van der Waals surface area contributed by atoms with E-state index < -0.39 is 11.5 Å². The van der Waals surface area contributed by atoms with E-state index in [0.29, 0.717) is 32.5 Å². The maximum Gasteiger partial charge on any atom is 0.329 e. The number of ether oxygens (including phenoxy) is 2. The second-order valence-electron chi connectivity index (χ2n) is 5.40. The highest BCUT2D eigenvalue weighted by atomic mass is 16.5. The highest BCUT2D eigenvalue weighted by Gasteiger charge is 2.41. The number of carbonyl (C=O) groups excluding carboxylic acids is 1. The SMILES string of the molecule is COc1ccc(CCC(=O)NC2(C(=O)O)CCOCC2)cc1. The molecule has 1 aromatic rings. The molecule has 1 fully saturated rings. The molecule has 2 N–H and O–H groups in total. The highest BCUT2D eigenvalue weighted by Crippen LogP contribution is 2.21. The lowest BCUT2D eigenvalue weighted by Gasteiger charge is -2.33. The summed E-state index contributed by atoms with van der Waals surface area (Å²) in [6, 6.07) is 7.47. The van der Waals surface area contributed by atoms with E-state index in [2.05, 4.69) is 5.32 Å². The van der Waals surface area contributed by atoms with Crippen molar-refractivity contribution in [1.82, 2.24) is 5.32 Å². The Hall–Kier alpha value is -2.08. The number of carboxylic acids is 1. The van der Waals surface area contributed by atoms with Crippen LogP contribution in [0.4, 0.5) is 0 Å². The van der Waals surface area contributed by atoms with Gasteiger partial charge >= 0.3 is 5.97 Å². The molecule has 0 atom stereocenters. The first-order chi connectivity index (χ1) is 10.6. The van der Waals surface area contributed by atoms with Crippen molar-refractivity contribution in [3.8, 4) is 5.75 Å². The first-order valence-corrected chi connectivity index (χ1v) is 7.31. The van der Waals surface area contributed by atoms with Crippen molar-refractivity contribution in [1.29, 1.82) is 0 Å². The molecule has 0 saturated carbocycles. The van der Waals surface area contributed by atoms with Crippen LogP contribution < -0.4 is 10.1 Å². The highest BCUT2D eigenvalue weighted by molar-refractivity contribution is 5.87. The predicted octanol–water partition coefficient (Wildman–Crippen LogP) is 1.38. The van der Waals surface area contributed by atoms with Gasteiger partial charge in [-0.25, -0.2) is 4.79 Å². The molecule has 6 nitrogen and oxygen atoms in total. The van der Waals surface area contributed by atoms with Crippen LogP contribution in [0.3, 0.4) is 0 Å². The monoisotopic (exact) mass is 307 g/mol. The smallest absolute Gasteiger partial charge is 0.329 e. The molecule has 0 aliphatic carbocycles. The molecule has 2 rings (SSSR count). The number of hydrogen-bond donors (Lipinski definition) is 2. The van der Waals surface area contributed by atoms with E-state index in [4.69, 9.17) is 9.47 Å². The van der Waals surface area contributed by atoms with Crippen molar-refractivity contribution in [2.75, 3.05) is 20.3 Å². The molecule has 6 heteroatoms. The molecular weight excluding hydrogens is 286 g/mol. The molecular formula is C16H21NO5. The Balaban J connectivity index is 1.89. The maximum absolute atomic E-state index is 12.1. The summed E-state index contributed by atoms with van der Waals surface area (Å²) in [5.74, 6) is -0.478. The quantitative estimate of drug-likeness (QED) is 0.829. The Morgan fingerprint density at radius 3 is 2.45 bits per heavy atom. The fraction of sp³-hybridized carbons (Fsp3) is 0.500. The molecule has 22 heavy (non-hydrogen) atoms. The van der Waals surface area contributed by atoms with Gasteiger partial charge in [-0.3, -0.25) is 4.79 Å². The van der Waals surface area contributed by atoms with Gasteiger partial charge in [-0.15, -0.1) is 0 Å². The van der Waals surface area contributed by atoms with Crippen molar-refractivity contribution in [2.45, 2.75) is 31.2 Å². The van der Waals surface area contributed by atoms with Gasteiger partial charge in [0, 0.05) is 32.5 Å². The summed E-state index contributed by atoms with van der Waals surface area (Å²) in [6.07, 6.45) is 1.41. The van der Waals surface area contributed by atoms with Gasteiger partial charge < -0.3 is 19.9 Å². The maximum atomic E-state index is 12.1. The van der Waals surface area contributed by atoms with Gasteiger partial charge in [0.05, 0.1) is 7.11 Å². The molecule has 1 aliphatic heterocycles. The Labute approximate surface area is 129 Å². The second-order valence-corrected chi connectivity index (χ2v) is 5.40. The first-order valence-electron chi connectivity index (χ1n) is 7.31. The molecule has 0 aromatic heterocycles. The van der Waals surface area contributed by atoms with Crippen molar-refractivity contribution in [2.24, 2.45) is 0 Å². The molecule has 0 spiro atoms. The molecule has 0 bridgehead atoms. The van der Waals surface area contributed by atoms with Crippen LogP contribution in [0.1, 0.15) is 24.8 Å². The summed E-state index contributed by atoms with van der Waals surface area (Å²) in [5.41, 5.74) is -0.179. The normalized spacial score (nSPS) is 16.8. The number of aliphatic carboxylic acids is 1. The lowest BCUT2D eigenvalue weighted by molar-refractivity contribution is -0.152. The predicted molar refractivity (Wildman–Crippen MR) is 79.9 cm³/mol. The van der Waals surface area contributed by atoms with Crippen molar-refractivity contribution in [3.63, 3.8) is 0 Å². The number of amides is 1. The van der Waals surface area contributed by atoms with Crippen LogP contribution in [-0.2, 0) is 20.7 Å². The summed E-state index contributed by atoms with van der Waals surface area (Å²) in [4.78, 5) is 23.5. The van der Waals surface area contributed by atoms with E-state index in [9.17, 15) is 14.7 Å². The summed E-state index contributed by atoms with van der Waals surface area (Å²) >= 11 is 0. The van der Waals surface area contributed by atoms with Crippen molar-refractivity contribution < 1.29 is 24.2 Å². The van der Waals surface area contributed by atoms with Gasteiger partial charge in [0.25, 0.3) is 0 Å². The number of nitrogens with one attached hydrogen (secondary N) is 1. The Kier molecular flexibility index (Phi) is 5.38. The first kappa shape index (κ1) is 16.3. The van der Waals surface area contributed by atoms with E-state index in [0.717, 1.165) is 11.3 Å². The fourth-order valence-electron chi connectivity index (χ4n) is 2.49. The zero-order valence-corrected chi connectivity index (χ0v) is 12.6. The van der Waals surface area contributed by atoms with Gasteiger partial charge in [0.15, 0.2) is 0 Å². The van der Waals surface area contributed by atoms with Crippen molar-refractivity contribution in [3.05, 3.63) is 29.8 Å². The Morgan fingerprint density at radius 2 is 1.91 bits per heavy atom. The zero-order chi connectivity index (χ0) is 16.0. The van der Waals surface area contributed by atoms with Gasteiger partial charge in [0.1, 0.15) is 11.3 Å². The Morgan fingerprint density at radius 1 is 1.27 bits per heavy atom. The summed E-state index contributed by atoms with van der Waals surface area (Å²) in [5, 5.41) is 12.1. The van der Waals surface area contributed by atoms with E-state index in [-0.39, 0.29) is 12.3 Å². The number of carbonyl (C=O) groups is 2. The second kappa shape index (κ2) is 7.26. The lowest BCUT2D eigenvalue weighted by Crippen LogP contribution is -2.57. The van der Waals surface area contributed by atoms with Crippen LogP contribution in [0.25, 0.3) is 0 Å². The van der Waals surface area contributed by atoms with Crippen LogP contribution in [0, 0.1) is 0 Å². The molecule has 1 aliphatic rings. The summed E-state index contributed by atoms with van der Waals surface area (Å²) in [7, 11) is 1.60. The third kappa shape index (κ3) is 3.98. The minimum Gasteiger partial charge on any atom is -0.497 e. The van der Waals surface area contributed by atoms with Gasteiger partial charge in [-0.2, -0.15) is 0 Å². The van der Waals surface area contributed by atoms with Crippen LogP contribution >= 0.6 is 0 Å². The summed E-state index contributed by atoms with van der Waals surface area (Å²) < 4.78 is 10.3. The topological polar surface area (TPSA) is 84.9 Å². The van der Waals surface area contributed by atoms with Gasteiger partial charge in [-0.05, 0) is 24.1 Å². The number of rotatable bonds is 6. The van der Waals surface area contributed by atoms with Crippen LogP contribution in [-0.4, -0.2) is 42.8 Å². The average Bonchev–Trinajstić information content (AvgIpc) is 2.54. The molecule has 120 valence electrons. The zero-order valence-electron chi connectivity index (χ0n) is 12.6. The number of carboxylic acid groups (broad SMARTS) is 1. The van der Waals surface area contributed by atoms with E-state index >= 15 is 0 Å². The van der Waals surface area contributed by atoms with E-state index in [1.54, 1.807) is 7.11 Å². The minimum atomic E-state index is -1.19. The third-order valence-corrected chi connectivity index (χ3v) is 3.93. The number of methoxy groups -OCH3 is 1. The average molecular weight is 307 g/mol. The number of hydrogen-bond acceptors (Lipinski definition) is 4. The molecule has 0 radical (unpaired) electrons. The van der Waals surface area contributed by atoms with Gasteiger partial charge in [0.2, 0.25) is 5.91 Å². The van der Waals surface area contributed by atoms with Crippen molar-refractivity contribution >= 4 is 11.9 Å². The van der Waals surface area contributed by atoms with E-state index in [1.807, 2.05) is 24.3 Å². The third-order valence-electron chi connectivity index (χ3n) is 3.93. The molecule has 0 unspecified atom stereocenters. The molecule has 1 aromatic carbocycles. The van der Waals surface area contributed by atoms with E-state index in [1.165, 1.54) is 0 Å².